The first-order chi connectivity index (χ1) is 6.81. The summed E-state index contributed by atoms with van der Waals surface area (Å²) in [7, 11) is 0. The standard InChI is InChI=1S/C10H11NOS2/c1-13-7-2-3-9-8(6-7)10(12)11-4-5-14-9/h2-3,6H,4-5H2,1H3,(H,11,12). The minimum absolute atomic E-state index is 0.0564. The predicted molar refractivity (Wildman–Crippen MR) is 61.3 cm³/mol. The van der Waals surface area contributed by atoms with Gasteiger partial charge in [-0.05, 0) is 24.5 Å². The number of rotatable bonds is 1. The van der Waals surface area contributed by atoms with E-state index in [1.54, 1.807) is 23.5 Å². The van der Waals surface area contributed by atoms with Gasteiger partial charge in [0.2, 0.25) is 0 Å². The first-order valence-electron chi connectivity index (χ1n) is 4.40. The Morgan fingerprint density at radius 2 is 2.36 bits per heavy atom. The molecule has 2 rings (SSSR count). The molecule has 1 heterocycles. The van der Waals surface area contributed by atoms with Gasteiger partial charge in [0.25, 0.3) is 5.91 Å². The second-order valence-electron chi connectivity index (χ2n) is 2.97. The summed E-state index contributed by atoms with van der Waals surface area (Å²) in [5.41, 5.74) is 0.819. The molecule has 74 valence electrons. The van der Waals surface area contributed by atoms with E-state index in [-0.39, 0.29) is 5.91 Å². The number of fused-ring (bicyclic) bond motifs is 1. The highest BCUT2D eigenvalue weighted by Gasteiger charge is 2.15. The molecule has 0 fully saturated rings. The molecule has 0 aromatic heterocycles. The monoisotopic (exact) mass is 225 g/mol. The average Bonchev–Trinajstić information content (AvgIpc) is 2.40. The Kier molecular flexibility index (Phi) is 3.03. The molecule has 0 unspecified atom stereocenters. The highest BCUT2D eigenvalue weighted by atomic mass is 32.2. The van der Waals surface area contributed by atoms with Crippen LogP contribution in [-0.4, -0.2) is 24.5 Å². The number of benzene rings is 1. The van der Waals surface area contributed by atoms with Crippen molar-refractivity contribution in [1.82, 2.24) is 5.32 Å². The fourth-order valence-corrected chi connectivity index (χ4v) is 2.70. The second-order valence-corrected chi connectivity index (χ2v) is 4.98. The van der Waals surface area contributed by atoms with E-state index in [9.17, 15) is 4.79 Å². The number of hydrogen-bond acceptors (Lipinski definition) is 3. The summed E-state index contributed by atoms with van der Waals surface area (Å²) in [6.45, 7) is 0.757. The van der Waals surface area contributed by atoms with Crippen LogP contribution < -0.4 is 5.32 Å². The van der Waals surface area contributed by atoms with Gasteiger partial charge in [0.1, 0.15) is 0 Å². The Balaban J connectivity index is 2.44. The van der Waals surface area contributed by atoms with E-state index in [0.29, 0.717) is 0 Å². The molecule has 0 spiro atoms. The van der Waals surface area contributed by atoms with E-state index in [1.807, 2.05) is 18.4 Å². The van der Waals surface area contributed by atoms with Gasteiger partial charge in [-0.3, -0.25) is 4.79 Å². The van der Waals surface area contributed by atoms with Crippen molar-refractivity contribution in [3.05, 3.63) is 23.8 Å². The summed E-state index contributed by atoms with van der Waals surface area (Å²) >= 11 is 3.40. The van der Waals surface area contributed by atoms with Gasteiger partial charge >= 0.3 is 0 Å². The van der Waals surface area contributed by atoms with Crippen LogP contribution in [0.5, 0.6) is 0 Å². The number of carbonyl (C=O) groups is 1. The number of amides is 1. The van der Waals surface area contributed by atoms with Crippen molar-refractivity contribution in [3.63, 3.8) is 0 Å². The van der Waals surface area contributed by atoms with Crippen LogP contribution in [0.4, 0.5) is 0 Å². The number of carbonyl (C=O) groups excluding carboxylic acids is 1. The summed E-state index contributed by atoms with van der Waals surface area (Å²) in [6.07, 6.45) is 2.02. The highest BCUT2D eigenvalue weighted by Crippen LogP contribution is 2.28. The van der Waals surface area contributed by atoms with Gasteiger partial charge in [-0.2, -0.15) is 0 Å². The molecule has 0 radical (unpaired) electrons. The van der Waals surface area contributed by atoms with Crippen LogP contribution in [0, 0.1) is 0 Å². The average molecular weight is 225 g/mol. The Labute approximate surface area is 91.8 Å². The Hall–Kier alpha value is -0.610. The zero-order chi connectivity index (χ0) is 9.97. The molecule has 0 bridgehead atoms. The lowest BCUT2D eigenvalue weighted by molar-refractivity contribution is 0.0954. The van der Waals surface area contributed by atoms with E-state index in [4.69, 9.17) is 0 Å². The van der Waals surface area contributed by atoms with Crippen molar-refractivity contribution in [1.29, 1.82) is 0 Å². The van der Waals surface area contributed by atoms with Crippen molar-refractivity contribution >= 4 is 29.4 Å². The van der Waals surface area contributed by atoms with Gasteiger partial charge in [-0.25, -0.2) is 0 Å². The summed E-state index contributed by atoms with van der Waals surface area (Å²) in [6, 6.07) is 6.07. The first kappa shape index (κ1) is 9.93. The summed E-state index contributed by atoms with van der Waals surface area (Å²) in [4.78, 5) is 13.9. The lowest BCUT2D eigenvalue weighted by atomic mass is 10.2. The van der Waals surface area contributed by atoms with E-state index in [1.165, 1.54) is 0 Å². The molecular weight excluding hydrogens is 214 g/mol. The van der Waals surface area contributed by atoms with E-state index >= 15 is 0 Å². The molecule has 1 amide bonds. The van der Waals surface area contributed by atoms with Crippen LogP contribution in [0.15, 0.2) is 28.0 Å². The molecule has 1 aromatic carbocycles. The zero-order valence-electron chi connectivity index (χ0n) is 7.87. The van der Waals surface area contributed by atoms with E-state index in [0.717, 1.165) is 27.7 Å². The highest BCUT2D eigenvalue weighted by molar-refractivity contribution is 7.99. The van der Waals surface area contributed by atoms with Gasteiger partial charge in [0, 0.05) is 22.1 Å². The molecule has 14 heavy (non-hydrogen) atoms. The minimum Gasteiger partial charge on any atom is -0.351 e. The van der Waals surface area contributed by atoms with Crippen molar-refractivity contribution in [2.24, 2.45) is 0 Å². The molecule has 0 atom stereocenters. The topological polar surface area (TPSA) is 29.1 Å². The molecule has 0 saturated carbocycles. The third-order valence-corrected chi connectivity index (χ3v) is 3.88. The van der Waals surface area contributed by atoms with Gasteiger partial charge in [0.15, 0.2) is 0 Å². The molecule has 1 aliphatic rings. The van der Waals surface area contributed by atoms with Crippen LogP contribution in [-0.2, 0) is 0 Å². The fourth-order valence-electron chi connectivity index (χ4n) is 1.36. The van der Waals surface area contributed by atoms with Crippen LogP contribution in [0.25, 0.3) is 0 Å². The van der Waals surface area contributed by atoms with Crippen LogP contribution >= 0.6 is 23.5 Å². The Bertz CT molecular complexity index is 365. The van der Waals surface area contributed by atoms with Crippen LogP contribution in [0.2, 0.25) is 0 Å². The SMILES string of the molecule is CSc1ccc2c(c1)C(=O)NCCS2. The zero-order valence-corrected chi connectivity index (χ0v) is 9.50. The molecule has 0 aliphatic carbocycles. The normalized spacial score (nSPS) is 15.6. The van der Waals surface area contributed by atoms with E-state index in [2.05, 4.69) is 11.4 Å². The molecule has 2 nitrogen and oxygen atoms in total. The summed E-state index contributed by atoms with van der Waals surface area (Å²) in [5.74, 6) is 1.01. The molecule has 1 aliphatic heterocycles. The minimum atomic E-state index is 0.0564. The predicted octanol–water partition coefficient (Wildman–Crippen LogP) is 2.24. The summed E-state index contributed by atoms with van der Waals surface area (Å²) < 4.78 is 0. The molecule has 1 N–H and O–H groups in total. The quantitative estimate of drug-likeness (QED) is 0.743. The second kappa shape index (κ2) is 4.28. The Morgan fingerprint density at radius 3 is 3.14 bits per heavy atom. The molecule has 0 saturated heterocycles. The molecule has 4 heteroatoms. The first-order valence-corrected chi connectivity index (χ1v) is 6.61. The van der Waals surface area contributed by atoms with Crippen molar-refractivity contribution in [2.45, 2.75) is 9.79 Å². The number of hydrogen-bond donors (Lipinski definition) is 1. The van der Waals surface area contributed by atoms with Crippen molar-refractivity contribution < 1.29 is 4.79 Å². The van der Waals surface area contributed by atoms with Crippen molar-refractivity contribution in [3.8, 4) is 0 Å². The maximum atomic E-state index is 11.6. The smallest absolute Gasteiger partial charge is 0.252 e. The molecule has 1 aromatic rings. The number of thioether (sulfide) groups is 2. The number of nitrogens with one attached hydrogen (secondary N) is 1. The van der Waals surface area contributed by atoms with Gasteiger partial charge in [-0.15, -0.1) is 23.5 Å². The lowest BCUT2D eigenvalue weighted by Crippen LogP contribution is -2.23. The van der Waals surface area contributed by atoms with E-state index < -0.39 is 0 Å². The molecular formula is C10H11NOS2. The summed E-state index contributed by atoms with van der Waals surface area (Å²) in [5, 5.41) is 2.88. The van der Waals surface area contributed by atoms with Crippen LogP contribution in [0.3, 0.4) is 0 Å². The van der Waals surface area contributed by atoms with Gasteiger partial charge in [0.05, 0.1) is 5.56 Å². The lowest BCUT2D eigenvalue weighted by Gasteiger charge is -2.05. The third-order valence-electron chi connectivity index (χ3n) is 2.08. The van der Waals surface area contributed by atoms with Gasteiger partial charge < -0.3 is 5.32 Å². The fraction of sp³-hybridized carbons (Fsp3) is 0.300. The van der Waals surface area contributed by atoms with Crippen LogP contribution in [0.1, 0.15) is 10.4 Å². The Morgan fingerprint density at radius 1 is 1.50 bits per heavy atom. The maximum absolute atomic E-state index is 11.6. The third kappa shape index (κ3) is 1.91. The maximum Gasteiger partial charge on any atom is 0.252 e. The van der Waals surface area contributed by atoms with Gasteiger partial charge in [-0.1, -0.05) is 0 Å². The largest absolute Gasteiger partial charge is 0.351 e. The van der Waals surface area contributed by atoms with Crippen molar-refractivity contribution in [2.75, 3.05) is 18.6 Å².